The summed E-state index contributed by atoms with van der Waals surface area (Å²) in [5.74, 6) is -0.469. The van der Waals surface area contributed by atoms with E-state index in [4.69, 9.17) is 0 Å². The average molecular weight is 355 g/mol. The molecule has 0 aliphatic carbocycles. The Morgan fingerprint density at radius 3 is 2.81 bits per heavy atom. The number of para-hydroxylation sites is 1. The Morgan fingerprint density at radius 2 is 2.04 bits per heavy atom. The monoisotopic (exact) mass is 355 g/mol. The number of aliphatic hydroxyl groups excluding tert-OH is 1. The minimum Gasteiger partial charge on any atom is -0.391 e. The van der Waals surface area contributed by atoms with Crippen molar-refractivity contribution in [2.75, 3.05) is 19.6 Å². The van der Waals surface area contributed by atoms with Crippen LogP contribution in [0, 0.1) is 11.8 Å². The predicted molar refractivity (Wildman–Crippen MR) is 99.4 cm³/mol. The van der Waals surface area contributed by atoms with E-state index in [-0.39, 0.29) is 30.2 Å². The zero-order chi connectivity index (χ0) is 18.7. The summed E-state index contributed by atoms with van der Waals surface area (Å²) in [6, 6.07) is 9.91. The summed E-state index contributed by atoms with van der Waals surface area (Å²) >= 11 is 0. The average Bonchev–Trinajstić information content (AvgIpc) is 3.00. The fourth-order valence-corrected chi connectivity index (χ4v) is 3.35. The molecule has 2 heterocycles. The Balaban J connectivity index is 1.63. The van der Waals surface area contributed by atoms with Crippen LogP contribution in [0.15, 0.2) is 36.5 Å². The minimum absolute atomic E-state index is 0.0192. The second-order valence-corrected chi connectivity index (χ2v) is 7.19. The number of rotatable bonds is 5. The van der Waals surface area contributed by atoms with Crippen LogP contribution in [0.3, 0.4) is 0 Å². The molecule has 1 aliphatic rings. The van der Waals surface area contributed by atoms with Gasteiger partial charge < -0.3 is 15.3 Å². The van der Waals surface area contributed by atoms with Gasteiger partial charge in [0, 0.05) is 36.5 Å². The van der Waals surface area contributed by atoms with Gasteiger partial charge in [-0.25, -0.2) is 0 Å². The fourth-order valence-electron chi connectivity index (χ4n) is 3.35. The Labute approximate surface area is 153 Å². The van der Waals surface area contributed by atoms with Gasteiger partial charge in [-0.15, -0.1) is 0 Å². The van der Waals surface area contributed by atoms with Crippen LogP contribution >= 0.6 is 0 Å². The van der Waals surface area contributed by atoms with E-state index in [0.717, 1.165) is 16.5 Å². The molecule has 0 unspecified atom stereocenters. The van der Waals surface area contributed by atoms with Crippen molar-refractivity contribution < 1.29 is 14.7 Å². The molecule has 0 spiro atoms. The molecule has 2 aromatic rings. The Hall–Kier alpha value is -2.47. The van der Waals surface area contributed by atoms with Crippen molar-refractivity contribution in [1.29, 1.82) is 0 Å². The zero-order valence-electron chi connectivity index (χ0n) is 15.2. The maximum Gasteiger partial charge on any atom is 0.242 e. The van der Waals surface area contributed by atoms with Crippen molar-refractivity contribution in [3.05, 3.63) is 42.1 Å². The molecule has 3 rings (SSSR count). The van der Waals surface area contributed by atoms with E-state index in [0.29, 0.717) is 19.5 Å². The van der Waals surface area contributed by atoms with Gasteiger partial charge in [-0.1, -0.05) is 32.0 Å². The first-order chi connectivity index (χ1) is 12.5. The Morgan fingerprint density at radius 1 is 1.27 bits per heavy atom. The van der Waals surface area contributed by atoms with Crippen LogP contribution in [0.1, 0.15) is 19.4 Å². The third kappa shape index (κ3) is 4.02. The van der Waals surface area contributed by atoms with Gasteiger partial charge in [-0.05, 0) is 24.1 Å². The molecule has 6 heteroatoms. The molecule has 2 N–H and O–H groups in total. The second kappa shape index (κ2) is 7.83. The molecule has 2 amide bonds. The van der Waals surface area contributed by atoms with Gasteiger partial charge in [0.1, 0.15) is 0 Å². The molecule has 1 aliphatic heterocycles. The highest BCUT2D eigenvalue weighted by Gasteiger charge is 2.34. The smallest absolute Gasteiger partial charge is 0.242 e. The van der Waals surface area contributed by atoms with Crippen LogP contribution in [0.2, 0.25) is 0 Å². The van der Waals surface area contributed by atoms with E-state index in [9.17, 15) is 14.7 Å². The summed E-state index contributed by atoms with van der Waals surface area (Å²) < 4.78 is 0. The minimum atomic E-state index is -0.563. The number of carbonyl (C=O) groups excluding carboxylic acids is 2. The number of aromatic nitrogens is 1. The molecule has 1 aromatic carbocycles. The number of nitrogens with one attached hydrogen (secondary N) is 1. The summed E-state index contributed by atoms with van der Waals surface area (Å²) in [5.41, 5.74) is 2.06. The first-order valence-electron chi connectivity index (χ1n) is 9.02. The third-order valence-corrected chi connectivity index (χ3v) is 4.92. The normalized spacial score (nSPS) is 19.9. The first-order valence-corrected chi connectivity index (χ1v) is 9.02. The van der Waals surface area contributed by atoms with Crippen LogP contribution in [-0.2, 0) is 16.0 Å². The second-order valence-electron chi connectivity index (χ2n) is 7.19. The highest BCUT2D eigenvalue weighted by molar-refractivity contribution is 5.85. The Kier molecular flexibility index (Phi) is 5.52. The number of benzene rings is 1. The SMILES string of the molecule is CC(C)C(=O)NCC(=O)N1C[C@@H](Cc2ccnc3ccccc23)[C@H](O)C1. The molecule has 0 saturated carbocycles. The van der Waals surface area contributed by atoms with Crippen LogP contribution < -0.4 is 5.32 Å². The van der Waals surface area contributed by atoms with Gasteiger partial charge in [0.2, 0.25) is 11.8 Å². The molecule has 138 valence electrons. The maximum absolute atomic E-state index is 12.3. The molecule has 1 saturated heterocycles. The summed E-state index contributed by atoms with van der Waals surface area (Å²) in [4.78, 5) is 29.9. The van der Waals surface area contributed by atoms with Crippen LogP contribution in [-0.4, -0.2) is 52.5 Å². The van der Waals surface area contributed by atoms with Crippen molar-refractivity contribution >= 4 is 22.7 Å². The highest BCUT2D eigenvalue weighted by atomic mass is 16.3. The molecule has 6 nitrogen and oxygen atoms in total. The van der Waals surface area contributed by atoms with Gasteiger partial charge >= 0.3 is 0 Å². The van der Waals surface area contributed by atoms with E-state index in [1.165, 1.54) is 0 Å². The summed E-state index contributed by atoms with van der Waals surface area (Å²) in [6.45, 7) is 4.36. The maximum atomic E-state index is 12.3. The van der Waals surface area contributed by atoms with Crippen molar-refractivity contribution in [3.8, 4) is 0 Å². The molecular weight excluding hydrogens is 330 g/mol. The summed E-state index contributed by atoms with van der Waals surface area (Å²) in [6.07, 6.45) is 1.90. The lowest BCUT2D eigenvalue weighted by molar-refractivity contribution is -0.133. The number of aliphatic hydroxyl groups is 1. The van der Waals surface area contributed by atoms with Gasteiger partial charge in [0.15, 0.2) is 0 Å². The predicted octanol–water partition coefficient (Wildman–Crippen LogP) is 1.37. The number of nitrogens with zero attached hydrogens (tertiary/aromatic N) is 2. The highest BCUT2D eigenvalue weighted by Crippen LogP contribution is 2.25. The lowest BCUT2D eigenvalue weighted by Crippen LogP contribution is -2.40. The van der Waals surface area contributed by atoms with Crippen molar-refractivity contribution in [1.82, 2.24) is 15.2 Å². The quantitative estimate of drug-likeness (QED) is 0.849. The first kappa shape index (κ1) is 18.3. The van der Waals surface area contributed by atoms with Gasteiger partial charge in [0.25, 0.3) is 0 Å². The van der Waals surface area contributed by atoms with E-state index in [1.807, 2.05) is 30.3 Å². The van der Waals surface area contributed by atoms with Crippen LogP contribution in [0.4, 0.5) is 0 Å². The summed E-state index contributed by atoms with van der Waals surface area (Å²) in [7, 11) is 0. The largest absolute Gasteiger partial charge is 0.391 e. The number of hydrogen-bond acceptors (Lipinski definition) is 4. The topological polar surface area (TPSA) is 82.5 Å². The standard InChI is InChI=1S/C20H25N3O3/c1-13(2)20(26)22-10-19(25)23-11-15(18(24)12-23)9-14-7-8-21-17-6-4-3-5-16(14)17/h3-8,13,15,18,24H,9-12H2,1-2H3,(H,22,26)/t15-,18-/m1/s1. The van der Waals surface area contributed by atoms with Gasteiger partial charge in [-0.3, -0.25) is 14.6 Å². The van der Waals surface area contributed by atoms with E-state index in [1.54, 1.807) is 24.9 Å². The summed E-state index contributed by atoms with van der Waals surface area (Å²) in [5, 5.41) is 14.1. The van der Waals surface area contributed by atoms with Gasteiger partial charge in [-0.2, -0.15) is 0 Å². The number of fused-ring (bicyclic) bond motifs is 1. The van der Waals surface area contributed by atoms with Crippen molar-refractivity contribution in [2.24, 2.45) is 11.8 Å². The zero-order valence-corrected chi connectivity index (χ0v) is 15.2. The fraction of sp³-hybridized carbons (Fsp3) is 0.450. The lowest BCUT2D eigenvalue weighted by Gasteiger charge is -2.17. The van der Waals surface area contributed by atoms with Crippen LogP contribution in [0.25, 0.3) is 10.9 Å². The molecule has 1 aromatic heterocycles. The molecule has 26 heavy (non-hydrogen) atoms. The van der Waals surface area contributed by atoms with E-state index in [2.05, 4.69) is 10.3 Å². The number of likely N-dealkylation sites (tertiary alicyclic amines) is 1. The molecule has 2 atom stereocenters. The van der Waals surface area contributed by atoms with Crippen LogP contribution in [0.5, 0.6) is 0 Å². The number of pyridine rings is 1. The number of β-amino-alcohol motifs (C(OH)–C–C–N with tert-alkyl or cyclic N) is 1. The molecular formula is C20H25N3O3. The lowest BCUT2D eigenvalue weighted by atomic mass is 9.94. The Bertz CT molecular complexity index is 800. The van der Waals surface area contributed by atoms with Crippen molar-refractivity contribution in [3.63, 3.8) is 0 Å². The van der Waals surface area contributed by atoms with E-state index < -0.39 is 6.10 Å². The van der Waals surface area contributed by atoms with Gasteiger partial charge in [0.05, 0.1) is 18.2 Å². The molecule has 0 bridgehead atoms. The molecule has 1 fully saturated rings. The molecule has 0 radical (unpaired) electrons. The number of carbonyl (C=O) groups is 2. The van der Waals surface area contributed by atoms with Crippen molar-refractivity contribution in [2.45, 2.75) is 26.4 Å². The number of hydrogen-bond donors (Lipinski definition) is 2. The van der Waals surface area contributed by atoms with E-state index >= 15 is 0 Å². The number of amides is 2. The third-order valence-electron chi connectivity index (χ3n) is 4.92.